The molecular weight excluding hydrogens is 256 g/mol. The molecule has 1 fully saturated rings. The Morgan fingerprint density at radius 3 is 3.26 bits per heavy atom. The molecule has 2 heterocycles. The van der Waals surface area contributed by atoms with E-state index in [9.17, 15) is 9.90 Å². The summed E-state index contributed by atoms with van der Waals surface area (Å²) in [7, 11) is 0. The third-order valence-corrected chi connectivity index (χ3v) is 2.70. The van der Waals surface area contributed by atoms with E-state index in [4.69, 9.17) is 16.0 Å². The lowest BCUT2D eigenvalue weighted by molar-refractivity contribution is -0.0637. The van der Waals surface area contributed by atoms with Crippen LogP contribution in [0.2, 0.25) is 0 Å². The molecule has 19 heavy (non-hydrogen) atoms. The minimum atomic E-state index is -0.830. The third kappa shape index (κ3) is 2.94. The fourth-order valence-corrected chi connectivity index (χ4v) is 1.81. The Morgan fingerprint density at radius 1 is 1.79 bits per heavy atom. The number of aliphatic hydroxyl groups excluding tert-OH is 1. The van der Waals surface area contributed by atoms with Crippen molar-refractivity contribution in [3.63, 3.8) is 0 Å². The topological polar surface area (TPSA) is 148 Å². The predicted octanol–water partition coefficient (Wildman–Crippen LogP) is -0.284. The molecule has 0 radical (unpaired) electrons. The summed E-state index contributed by atoms with van der Waals surface area (Å²) < 4.78 is 6.68. The molecule has 2 rings (SSSR count). The Labute approximate surface area is 107 Å². The number of nitrogens with two attached hydrogens (primary N) is 1. The van der Waals surface area contributed by atoms with Gasteiger partial charge in [0.2, 0.25) is 0 Å². The van der Waals surface area contributed by atoms with Gasteiger partial charge in [0.25, 0.3) is 0 Å². The first-order chi connectivity index (χ1) is 9.11. The molecule has 1 aromatic heterocycles. The van der Waals surface area contributed by atoms with Crippen LogP contribution in [-0.4, -0.2) is 33.5 Å². The molecule has 1 saturated heterocycles. The number of anilines is 1. The van der Waals surface area contributed by atoms with Crippen LogP contribution in [-0.2, 0) is 9.57 Å². The molecule has 0 saturated carbocycles. The zero-order valence-electron chi connectivity index (χ0n) is 9.79. The van der Waals surface area contributed by atoms with E-state index in [1.54, 1.807) is 0 Å². The van der Waals surface area contributed by atoms with Gasteiger partial charge in [-0.25, -0.2) is 4.79 Å². The maximum atomic E-state index is 11.6. The van der Waals surface area contributed by atoms with Crippen molar-refractivity contribution in [2.45, 2.75) is 24.9 Å². The van der Waals surface area contributed by atoms with Crippen LogP contribution in [0.3, 0.4) is 0 Å². The van der Waals surface area contributed by atoms with Crippen molar-refractivity contribution in [3.8, 4) is 0 Å². The molecule has 0 aliphatic carbocycles. The second-order valence-corrected chi connectivity index (χ2v) is 3.94. The molecule has 0 aromatic carbocycles. The molecule has 1 aliphatic heterocycles. The van der Waals surface area contributed by atoms with Crippen LogP contribution in [0.5, 0.6) is 0 Å². The highest BCUT2D eigenvalue weighted by molar-refractivity contribution is 5.23. The number of rotatable bonds is 4. The van der Waals surface area contributed by atoms with Crippen molar-refractivity contribution in [1.29, 1.82) is 0 Å². The minimum absolute atomic E-state index is 0.0983. The van der Waals surface area contributed by atoms with Gasteiger partial charge in [0.1, 0.15) is 30.0 Å². The van der Waals surface area contributed by atoms with Gasteiger partial charge in [-0.1, -0.05) is 0 Å². The maximum Gasteiger partial charge on any atom is 0.351 e. The van der Waals surface area contributed by atoms with E-state index in [1.807, 2.05) is 0 Å². The molecular formula is C9H12N6O4. The second-order valence-electron chi connectivity index (χ2n) is 3.94. The van der Waals surface area contributed by atoms with E-state index in [0.29, 0.717) is 0 Å². The lowest BCUT2D eigenvalue weighted by Crippen LogP contribution is -2.28. The van der Waals surface area contributed by atoms with Crippen molar-refractivity contribution < 1.29 is 14.7 Å². The molecule has 0 spiro atoms. The standard InChI is InChI=1S/C9H12N6O4/c10-7-1-2-15(9(17)12-7)8-3-5(16)6(19-8)4-18-14-13-11/h1-2,5-6,8,16H,3-4H2,(H2,10,12,17)/t5-,6+,8+/m0/s1. The van der Waals surface area contributed by atoms with Gasteiger partial charge in [-0.3, -0.25) is 4.57 Å². The van der Waals surface area contributed by atoms with Crippen LogP contribution < -0.4 is 11.4 Å². The summed E-state index contributed by atoms with van der Waals surface area (Å²) in [5.41, 5.74) is 12.9. The van der Waals surface area contributed by atoms with Crippen LogP contribution in [0.1, 0.15) is 12.6 Å². The fourth-order valence-electron chi connectivity index (χ4n) is 1.81. The predicted molar refractivity (Wildman–Crippen MR) is 62.5 cm³/mol. The zero-order valence-corrected chi connectivity index (χ0v) is 9.79. The number of azide groups is 1. The summed E-state index contributed by atoms with van der Waals surface area (Å²) in [5, 5.41) is 12.7. The normalized spacial score (nSPS) is 25.8. The quantitative estimate of drug-likeness (QED) is 0.332. The molecule has 3 N–H and O–H groups in total. The van der Waals surface area contributed by atoms with Crippen molar-refractivity contribution in [1.82, 2.24) is 9.55 Å². The Kier molecular flexibility index (Phi) is 3.85. The van der Waals surface area contributed by atoms with Crippen molar-refractivity contribution in [2.75, 3.05) is 12.3 Å². The lowest BCUT2D eigenvalue weighted by Gasteiger charge is -2.14. The molecule has 0 unspecified atom stereocenters. The van der Waals surface area contributed by atoms with Gasteiger partial charge in [-0.2, -0.15) is 4.98 Å². The van der Waals surface area contributed by atoms with Crippen molar-refractivity contribution in [3.05, 3.63) is 33.2 Å². The molecule has 102 valence electrons. The number of aromatic nitrogens is 2. The fraction of sp³-hybridized carbons (Fsp3) is 0.556. The summed E-state index contributed by atoms with van der Waals surface area (Å²) in [6.07, 6.45) is -0.521. The van der Waals surface area contributed by atoms with E-state index in [1.165, 1.54) is 16.8 Å². The van der Waals surface area contributed by atoms with Gasteiger partial charge in [-0.15, -0.1) is 0 Å². The van der Waals surface area contributed by atoms with E-state index in [-0.39, 0.29) is 18.8 Å². The number of ether oxygens (including phenoxy) is 1. The van der Waals surface area contributed by atoms with Gasteiger partial charge in [0.15, 0.2) is 0 Å². The monoisotopic (exact) mass is 268 g/mol. The molecule has 10 nitrogen and oxygen atoms in total. The Morgan fingerprint density at radius 2 is 2.58 bits per heavy atom. The molecule has 1 aliphatic rings. The first-order valence-electron chi connectivity index (χ1n) is 5.46. The second kappa shape index (κ2) is 5.57. The first-order valence-corrected chi connectivity index (χ1v) is 5.46. The summed E-state index contributed by atoms with van der Waals surface area (Å²) >= 11 is 0. The highest BCUT2D eigenvalue weighted by atomic mass is 16.7. The molecule has 0 amide bonds. The van der Waals surface area contributed by atoms with E-state index in [0.717, 1.165) is 0 Å². The van der Waals surface area contributed by atoms with Crippen molar-refractivity contribution >= 4 is 5.82 Å². The number of aliphatic hydroxyl groups is 1. The van der Waals surface area contributed by atoms with Crippen LogP contribution >= 0.6 is 0 Å². The Bertz CT molecular complexity index is 554. The number of hydrogen-bond donors (Lipinski definition) is 2. The van der Waals surface area contributed by atoms with Gasteiger partial charge >= 0.3 is 5.69 Å². The summed E-state index contributed by atoms with van der Waals surface area (Å²) in [6, 6.07) is 1.46. The SMILES string of the molecule is [N-]=[N+]=NOC[C@H]1O[C@@H](n2ccc(N)nc2=O)C[C@@H]1O. The highest BCUT2D eigenvalue weighted by Gasteiger charge is 2.35. The van der Waals surface area contributed by atoms with Gasteiger partial charge in [0, 0.05) is 17.5 Å². The van der Waals surface area contributed by atoms with E-state index >= 15 is 0 Å². The Hall–Kier alpha value is -2.29. The molecule has 1 aromatic rings. The maximum absolute atomic E-state index is 11.6. The molecule has 10 heteroatoms. The van der Waals surface area contributed by atoms with Crippen LogP contribution in [0, 0.1) is 0 Å². The van der Waals surface area contributed by atoms with Gasteiger partial charge in [-0.05, 0) is 11.6 Å². The zero-order chi connectivity index (χ0) is 13.8. The molecule has 3 atom stereocenters. The van der Waals surface area contributed by atoms with Gasteiger partial charge < -0.3 is 20.4 Å². The van der Waals surface area contributed by atoms with E-state index in [2.05, 4.69) is 20.0 Å². The number of nitrogen functional groups attached to an aromatic ring is 1. The minimum Gasteiger partial charge on any atom is -0.431 e. The van der Waals surface area contributed by atoms with Crippen LogP contribution in [0.15, 0.2) is 22.3 Å². The summed E-state index contributed by atoms with van der Waals surface area (Å²) in [4.78, 5) is 22.2. The number of nitrogens with zero attached hydrogens (tertiary/aromatic N) is 5. The average Bonchev–Trinajstić information content (AvgIpc) is 2.71. The summed E-state index contributed by atoms with van der Waals surface area (Å²) in [5.74, 6) is 0.114. The third-order valence-electron chi connectivity index (χ3n) is 2.70. The number of hydrogen-bond acceptors (Lipinski definition) is 7. The Balaban J connectivity index is 2.07. The average molecular weight is 268 g/mol. The molecule has 0 bridgehead atoms. The lowest BCUT2D eigenvalue weighted by atomic mass is 10.2. The smallest absolute Gasteiger partial charge is 0.351 e. The highest BCUT2D eigenvalue weighted by Crippen LogP contribution is 2.27. The summed E-state index contributed by atoms with van der Waals surface area (Å²) in [6.45, 7) is -0.0983. The first kappa shape index (κ1) is 13.1. The van der Waals surface area contributed by atoms with Gasteiger partial charge in [0.05, 0.1) is 6.10 Å². The van der Waals surface area contributed by atoms with Crippen LogP contribution in [0.25, 0.3) is 10.4 Å². The van der Waals surface area contributed by atoms with Crippen molar-refractivity contribution in [2.24, 2.45) is 5.28 Å². The largest absolute Gasteiger partial charge is 0.431 e. The van der Waals surface area contributed by atoms with Crippen LogP contribution in [0.4, 0.5) is 5.82 Å². The van der Waals surface area contributed by atoms with E-state index < -0.39 is 24.1 Å².